The van der Waals surface area contributed by atoms with Gasteiger partial charge in [-0.05, 0) is 25.5 Å². The first-order valence-electron chi connectivity index (χ1n) is 6.16. The summed E-state index contributed by atoms with van der Waals surface area (Å²) < 4.78 is 0. The van der Waals surface area contributed by atoms with Crippen molar-refractivity contribution in [3.63, 3.8) is 0 Å². The van der Waals surface area contributed by atoms with Gasteiger partial charge in [-0.3, -0.25) is 4.79 Å². The van der Waals surface area contributed by atoms with Gasteiger partial charge in [0.1, 0.15) is 0 Å². The van der Waals surface area contributed by atoms with Crippen LogP contribution in [0, 0.1) is 0 Å². The highest BCUT2D eigenvalue weighted by atomic mass is 16.4. The van der Waals surface area contributed by atoms with Gasteiger partial charge in [-0.1, -0.05) is 23.4 Å². The third-order valence-corrected chi connectivity index (χ3v) is 2.69. The molecule has 0 saturated heterocycles. The topological polar surface area (TPSA) is 99.7 Å². The Kier molecular flexibility index (Phi) is 5.81. The summed E-state index contributed by atoms with van der Waals surface area (Å²) in [4.78, 5) is 11.5. The molecule has 1 rings (SSSR count). The van der Waals surface area contributed by atoms with Crippen molar-refractivity contribution in [3.05, 3.63) is 35.4 Å². The summed E-state index contributed by atoms with van der Waals surface area (Å²) in [5.41, 5.74) is 7.13. The van der Waals surface area contributed by atoms with Crippen LogP contribution in [0.15, 0.2) is 29.4 Å². The van der Waals surface area contributed by atoms with Crippen LogP contribution in [0.25, 0.3) is 0 Å². The number of nitrogens with two attached hydrogens (primary N) is 1. The van der Waals surface area contributed by atoms with Crippen molar-refractivity contribution in [2.45, 2.75) is 26.4 Å². The van der Waals surface area contributed by atoms with Crippen LogP contribution in [-0.2, 0) is 11.3 Å². The molecule has 0 saturated carbocycles. The van der Waals surface area contributed by atoms with Crippen LogP contribution in [0.2, 0.25) is 0 Å². The molecular formula is C13H20N4O2. The Hall–Kier alpha value is -2.08. The predicted molar refractivity (Wildman–Crippen MR) is 73.9 cm³/mol. The number of rotatable bonds is 6. The van der Waals surface area contributed by atoms with Gasteiger partial charge in [0.25, 0.3) is 0 Å². The minimum Gasteiger partial charge on any atom is -0.409 e. The first kappa shape index (κ1) is 15.0. The molecule has 0 aliphatic heterocycles. The van der Waals surface area contributed by atoms with Crippen molar-refractivity contribution < 1.29 is 10.0 Å². The van der Waals surface area contributed by atoms with E-state index in [-0.39, 0.29) is 17.8 Å². The molecule has 5 N–H and O–H groups in total. The zero-order valence-electron chi connectivity index (χ0n) is 11.2. The molecular weight excluding hydrogens is 244 g/mol. The van der Waals surface area contributed by atoms with E-state index < -0.39 is 0 Å². The monoisotopic (exact) mass is 264 g/mol. The largest absolute Gasteiger partial charge is 0.409 e. The number of nitrogens with one attached hydrogen (secondary N) is 2. The first-order valence-corrected chi connectivity index (χ1v) is 6.16. The summed E-state index contributed by atoms with van der Waals surface area (Å²) in [5.74, 6) is 0.0358. The molecule has 6 nitrogen and oxygen atoms in total. The highest BCUT2D eigenvalue weighted by molar-refractivity contribution is 5.97. The second-order valence-electron chi connectivity index (χ2n) is 4.18. The van der Waals surface area contributed by atoms with E-state index in [0.717, 1.165) is 5.56 Å². The molecule has 1 amide bonds. The maximum atomic E-state index is 11.5. The first-order chi connectivity index (χ1) is 9.08. The van der Waals surface area contributed by atoms with Gasteiger partial charge < -0.3 is 21.6 Å². The molecule has 1 unspecified atom stereocenters. The molecule has 0 bridgehead atoms. The quantitative estimate of drug-likeness (QED) is 0.258. The van der Waals surface area contributed by atoms with Gasteiger partial charge in [0.15, 0.2) is 5.84 Å². The maximum absolute atomic E-state index is 11.5. The molecule has 104 valence electrons. The minimum atomic E-state index is -0.271. The molecule has 19 heavy (non-hydrogen) atoms. The third kappa shape index (κ3) is 4.59. The van der Waals surface area contributed by atoms with Crippen molar-refractivity contribution in [1.29, 1.82) is 0 Å². The summed E-state index contributed by atoms with van der Waals surface area (Å²) >= 11 is 0. The lowest BCUT2D eigenvalue weighted by Gasteiger charge is -2.13. The molecule has 1 atom stereocenters. The fourth-order valence-electron chi connectivity index (χ4n) is 1.59. The Morgan fingerprint density at radius 3 is 2.89 bits per heavy atom. The number of amidine groups is 1. The zero-order valence-corrected chi connectivity index (χ0v) is 11.2. The Morgan fingerprint density at radius 2 is 2.26 bits per heavy atom. The minimum absolute atomic E-state index is 0.0323. The number of oxime groups is 1. The van der Waals surface area contributed by atoms with E-state index in [2.05, 4.69) is 15.8 Å². The van der Waals surface area contributed by atoms with Gasteiger partial charge in [0.05, 0.1) is 6.04 Å². The van der Waals surface area contributed by atoms with Crippen LogP contribution >= 0.6 is 0 Å². The summed E-state index contributed by atoms with van der Waals surface area (Å²) in [6.45, 7) is 4.83. The summed E-state index contributed by atoms with van der Waals surface area (Å²) in [7, 11) is 0. The van der Waals surface area contributed by atoms with E-state index in [1.54, 1.807) is 13.0 Å². The highest BCUT2D eigenvalue weighted by Crippen LogP contribution is 2.05. The zero-order chi connectivity index (χ0) is 14.3. The molecule has 0 heterocycles. The Bertz CT molecular complexity index is 460. The van der Waals surface area contributed by atoms with E-state index >= 15 is 0 Å². The Morgan fingerprint density at radius 1 is 1.53 bits per heavy atom. The van der Waals surface area contributed by atoms with Crippen LogP contribution in [0.1, 0.15) is 25.0 Å². The Labute approximate surface area is 112 Å². The normalized spacial score (nSPS) is 13.1. The van der Waals surface area contributed by atoms with Gasteiger partial charge in [-0.2, -0.15) is 0 Å². The van der Waals surface area contributed by atoms with Crippen molar-refractivity contribution >= 4 is 11.7 Å². The van der Waals surface area contributed by atoms with Crippen LogP contribution in [-0.4, -0.2) is 29.5 Å². The molecule has 0 aliphatic carbocycles. The number of hydrogen-bond acceptors (Lipinski definition) is 4. The molecule has 0 fully saturated rings. The number of carbonyl (C=O) groups excluding carboxylic acids is 1. The number of carbonyl (C=O) groups is 1. The van der Waals surface area contributed by atoms with Gasteiger partial charge in [-0.15, -0.1) is 0 Å². The average Bonchev–Trinajstić information content (AvgIpc) is 2.44. The van der Waals surface area contributed by atoms with Crippen LogP contribution < -0.4 is 16.4 Å². The molecule has 1 aromatic rings. The fourth-order valence-corrected chi connectivity index (χ4v) is 1.59. The number of hydrogen-bond donors (Lipinski definition) is 4. The number of amides is 1. The highest BCUT2D eigenvalue weighted by Gasteiger charge is 2.10. The van der Waals surface area contributed by atoms with Gasteiger partial charge in [0.2, 0.25) is 5.91 Å². The molecule has 0 spiro atoms. The molecule has 0 aliphatic rings. The van der Waals surface area contributed by atoms with Crippen molar-refractivity contribution in [2.75, 3.05) is 6.54 Å². The lowest BCUT2D eigenvalue weighted by molar-refractivity contribution is -0.122. The van der Waals surface area contributed by atoms with Crippen LogP contribution in [0.3, 0.4) is 0 Å². The second-order valence-corrected chi connectivity index (χ2v) is 4.18. The van der Waals surface area contributed by atoms with Crippen LogP contribution in [0.5, 0.6) is 0 Å². The second kappa shape index (κ2) is 7.38. The SMILES string of the molecule is CCNC(=O)C(C)NCc1cccc(C(N)=NO)c1. The fraction of sp³-hybridized carbons (Fsp3) is 0.385. The number of likely N-dealkylation sites (N-methyl/N-ethyl adjacent to an activating group) is 1. The van der Waals surface area contributed by atoms with E-state index in [9.17, 15) is 4.79 Å². The summed E-state index contributed by atoms with van der Waals surface area (Å²) in [6.07, 6.45) is 0. The standard InChI is InChI=1S/C13H20N4O2/c1-3-15-13(18)9(2)16-8-10-5-4-6-11(7-10)12(14)17-19/h4-7,9,16,19H,3,8H2,1-2H3,(H2,14,17)(H,15,18). The lowest BCUT2D eigenvalue weighted by atomic mass is 10.1. The maximum Gasteiger partial charge on any atom is 0.236 e. The summed E-state index contributed by atoms with van der Waals surface area (Å²) in [5, 5.41) is 17.4. The third-order valence-electron chi connectivity index (χ3n) is 2.69. The van der Waals surface area contributed by atoms with Gasteiger partial charge >= 0.3 is 0 Å². The molecule has 0 radical (unpaired) electrons. The van der Waals surface area contributed by atoms with E-state index in [1.807, 2.05) is 25.1 Å². The number of benzene rings is 1. The van der Waals surface area contributed by atoms with Crippen molar-refractivity contribution in [3.8, 4) is 0 Å². The van der Waals surface area contributed by atoms with E-state index in [1.165, 1.54) is 0 Å². The number of nitrogens with zero attached hydrogens (tertiary/aromatic N) is 1. The van der Waals surface area contributed by atoms with E-state index in [0.29, 0.717) is 18.7 Å². The van der Waals surface area contributed by atoms with Crippen molar-refractivity contribution in [2.24, 2.45) is 10.9 Å². The predicted octanol–water partition coefficient (Wildman–Crippen LogP) is 0.395. The lowest BCUT2D eigenvalue weighted by Crippen LogP contribution is -2.41. The molecule has 0 aromatic heterocycles. The van der Waals surface area contributed by atoms with Crippen LogP contribution in [0.4, 0.5) is 0 Å². The van der Waals surface area contributed by atoms with Crippen molar-refractivity contribution in [1.82, 2.24) is 10.6 Å². The summed E-state index contributed by atoms with van der Waals surface area (Å²) in [6, 6.07) is 7.03. The van der Waals surface area contributed by atoms with Gasteiger partial charge in [0, 0.05) is 18.7 Å². The molecule has 1 aromatic carbocycles. The smallest absolute Gasteiger partial charge is 0.236 e. The average molecular weight is 264 g/mol. The Balaban J connectivity index is 2.61. The van der Waals surface area contributed by atoms with Gasteiger partial charge in [-0.25, -0.2) is 0 Å². The van der Waals surface area contributed by atoms with E-state index in [4.69, 9.17) is 10.9 Å². The molecule has 6 heteroatoms.